The lowest BCUT2D eigenvalue weighted by Gasteiger charge is -2.31. The van der Waals surface area contributed by atoms with Crippen LogP contribution in [0.15, 0.2) is 48.8 Å². The summed E-state index contributed by atoms with van der Waals surface area (Å²) in [6, 6.07) is 12.8. The molecule has 0 unspecified atom stereocenters. The zero-order valence-corrected chi connectivity index (χ0v) is 11.3. The number of hydrogen-bond acceptors (Lipinski definition) is 2. The Morgan fingerprint density at radius 2 is 1.84 bits per heavy atom. The summed E-state index contributed by atoms with van der Waals surface area (Å²) in [6.45, 7) is 4.59. The molecule has 0 amide bonds. The molecule has 3 rings (SSSR count). The third-order valence-electron chi connectivity index (χ3n) is 3.96. The maximum absolute atomic E-state index is 4.30. The van der Waals surface area contributed by atoms with Crippen LogP contribution in [0.2, 0.25) is 0 Å². The lowest BCUT2D eigenvalue weighted by atomic mass is 9.96. The van der Waals surface area contributed by atoms with Crippen molar-refractivity contribution in [1.29, 1.82) is 0 Å². The summed E-state index contributed by atoms with van der Waals surface area (Å²) in [7, 11) is 0. The summed E-state index contributed by atoms with van der Waals surface area (Å²) in [5, 5.41) is 4.30. The average molecular weight is 255 g/mol. The van der Waals surface area contributed by atoms with Crippen LogP contribution in [0.1, 0.15) is 18.4 Å². The molecule has 0 aliphatic carbocycles. The molecule has 1 saturated heterocycles. The first kappa shape index (κ1) is 12.4. The minimum Gasteiger partial charge on any atom is -0.299 e. The summed E-state index contributed by atoms with van der Waals surface area (Å²) in [5.74, 6) is 0.784. The molecular formula is C16H21N3. The van der Waals surface area contributed by atoms with Crippen molar-refractivity contribution in [2.24, 2.45) is 5.92 Å². The van der Waals surface area contributed by atoms with Gasteiger partial charge in [0.2, 0.25) is 0 Å². The zero-order valence-electron chi connectivity index (χ0n) is 11.3. The maximum Gasteiger partial charge on any atom is 0.0489 e. The van der Waals surface area contributed by atoms with Gasteiger partial charge in [-0.2, -0.15) is 5.10 Å². The summed E-state index contributed by atoms with van der Waals surface area (Å²) in [4.78, 5) is 2.56. The quantitative estimate of drug-likeness (QED) is 0.837. The Kier molecular flexibility index (Phi) is 3.94. The van der Waals surface area contributed by atoms with Crippen molar-refractivity contribution in [2.75, 3.05) is 13.1 Å². The van der Waals surface area contributed by atoms with Crippen LogP contribution in [0.3, 0.4) is 0 Å². The monoisotopic (exact) mass is 255 g/mol. The number of aromatic nitrogens is 2. The standard InChI is InChI=1S/C16H21N3/c1-2-5-15(6-3-1)13-18-11-7-16(8-12-18)14-19-10-4-9-17-19/h1-6,9-10,16H,7-8,11-14H2. The largest absolute Gasteiger partial charge is 0.299 e. The second-order valence-corrected chi connectivity index (χ2v) is 5.43. The molecule has 0 radical (unpaired) electrons. The first-order valence-electron chi connectivity index (χ1n) is 7.14. The Balaban J connectivity index is 1.47. The van der Waals surface area contributed by atoms with Gasteiger partial charge in [-0.15, -0.1) is 0 Å². The number of rotatable bonds is 4. The van der Waals surface area contributed by atoms with E-state index in [2.05, 4.69) is 51.2 Å². The van der Waals surface area contributed by atoms with Crippen LogP contribution < -0.4 is 0 Å². The number of hydrogen-bond donors (Lipinski definition) is 0. The maximum atomic E-state index is 4.30. The van der Waals surface area contributed by atoms with Crippen LogP contribution in [0, 0.1) is 5.92 Å². The average Bonchev–Trinajstić information content (AvgIpc) is 2.95. The number of benzene rings is 1. The molecule has 0 N–H and O–H groups in total. The van der Waals surface area contributed by atoms with Gasteiger partial charge in [0, 0.05) is 25.5 Å². The van der Waals surface area contributed by atoms with Crippen LogP contribution in [0.5, 0.6) is 0 Å². The van der Waals surface area contributed by atoms with E-state index in [-0.39, 0.29) is 0 Å². The predicted octanol–water partition coefficient (Wildman–Crippen LogP) is 2.80. The highest BCUT2D eigenvalue weighted by atomic mass is 15.3. The third kappa shape index (κ3) is 3.44. The molecule has 3 nitrogen and oxygen atoms in total. The highest BCUT2D eigenvalue weighted by Gasteiger charge is 2.19. The first-order chi connectivity index (χ1) is 9.40. The Bertz CT molecular complexity index is 470. The lowest BCUT2D eigenvalue weighted by molar-refractivity contribution is 0.164. The van der Waals surface area contributed by atoms with Crippen molar-refractivity contribution in [3.05, 3.63) is 54.4 Å². The second kappa shape index (κ2) is 6.02. The second-order valence-electron chi connectivity index (χ2n) is 5.43. The van der Waals surface area contributed by atoms with Crippen LogP contribution in [-0.2, 0) is 13.1 Å². The molecule has 2 heterocycles. The van der Waals surface area contributed by atoms with Crippen molar-refractivity contribution in [3.63, 3.8) is 0 Å². The molecular weight excluding hydrogens is 234 g/mol. The fourth-order valence-electron chi connectivity index (χ4n) is 2.84. The summed E-state index contributed by atoms with van der Waals surface area (Å²) in [5.41, 5.74) is 1.42. The van der Waals surface area contributed by atoms with Gasteiger partial charge in [-0.3, -0.25) is 9.58 Å². The zero-order chi connectivity index (χ0) is 12.9. The minimum absolute atomic E-state index is 0.784. The van der Waals surface area contributed by atoms with Crippen LogP contribution in [-0.4, -0.2) is 27.8 Å². The van der Waals surface area contributed by atoms with E-state index < -0.39 is 0 Å². The van der Waals surface area contributed by atoms with E-state index >= 15 is 0 Å². The van der Waals surface area contributed by atoms with Crippen molar-refractivity contribution < 1.29 is 0 Å². The molecule has 2 aromatic rings. The third-order valence-corrected chi connectivity index (χ3v) is 3.96. The van der Waals surface area contributed by atoms with Gasteiger partial charge in [0.25, 0.3) is 0 Å². The molecule has 0 bridgehead atoms. The van der Waals surface area contributed by atoms with E-state index in [1.807, 2.05) is 12.3 Å². The van der Waals surface area contributed by atoms with Gasteiger partial charge in [0.05, 0.1) is 0 Å². The van der Waals surface area contributed by atoms with E-state index in [1.165, 1.54) is 31.5 Å². The SMILES string of the molecule is c1ccc(CN2CCC(Cn3cccn3)CC2)cc1. The Morgan fingerprint density at radius 1 is 1.05 bits per heavy atom. The molecule has 0 atom stereocenters. The molecule has 19 heavy (non-hydrogen) atoms. The van der Waals surface area contributed by atoms with Gasteiger partial charge in [-0.05, 0) is 43.5 Å². The van der Waals surface area contributed by atoms with Crippen LogP contribution in [0.25, 0.3) is 0 Å². The normalized spacial score (nSPS) is 17.7. The number of piperidine rings is 1. The summed E-state index contributed by atoms with van der Waals surface area (Å²) >= 11 is 0. The fourth-order valence-corrected chi connectivity index (χ4v) is 2.84. The van der Waals surface area contributed by atoms with Gasteiger partial charge in [0.1, 0.15) is 0 Å². The molecule has 100 valence electrons. The molecule has 1 aromatic carbocycles. The highest BCUT2D eigenvalue weighted by Crippen LogP contribution is 2.20. The molecule has 3 heteroatoms. The smallest absolute Gasteiger partial charge is 0.0489 e. The van der Waals surface area contributed by atoms with Gasteiger partial charge in [0.15, 0.2) is 0 Å². The van der Waals surface area contributed by atoms with Gasteiger partial charge < -0.3 is 0 Å². The first-order valence-corrected chi connectivity index (χ1v) is 7.14. The summed E-state index contributed by atoms with van der Waals surface area (Å²) < 4.78 is 2.07. The fraction of sp³-hybridized carbons (Fsp3) is 0.438. The van der Waals surface area contributed by atoms with Crippen molar-refractivity contribution in [3.8, 4) is 0 Å². The minimum atomic E-state index is 0.784. The molecule has 1 aromatic heterocycles. The number of nitrogens with zero attached hydrogens (tertiary/aromatic N) is 3. The van der Waals surface area contributed by atoms with E-state index in [4.69, 9.17) is 0 Å². The van der Waals surface area contributed by atoms with E-state index in [0.29, 0.717) is 0 Å². The van der Waals surface area contributed by atoms with Crippen LogP contribution in [0.4, 0.5) is 0 Å². The van der Waals surface area contributed by atoms with Crippen molar-refractivity contribution in [2.45, 2.75) is 25.9 Å². The van der Waals surface area contributed by atoms with E-state index in [1.54, 1.807) is 0 Å². The van der Waals surface area contributed by atoms with Crippen molar-refractivity contribution in [1.82, 2.24) is 14.7 Å². The molecule has 0 saturated carbocycles. The molecule has 1 aliphatic heterocycles. The van der Waals surface area contributed by atoms with Gasteiger partial charge >= 0.3 is 0 Å². The lowest BCUT2D eigenvalue weighted by Crippen LogP contribution is -2.34. The Labute approximate surface area is 114 Å². The Hall–Kier alpha value is -1.61. The van der Waals surface area contributed by atoms with Gasteiger partial charge in [-0.1, -0.05) is 30.3 Å². The molecule has 0 spiro atoms. The van der Waals surface area contributed by atoms with E-state index in [0.717, 1.165) is 19.0 Å². The summed E-state index contributed by atoms with van der Waals surface area (Å²) in [6.07, 6.45) is 6.50. The van der Waals surface area contributed by atoms with E-state index in [9.17, 15) is 0 Å². The highest BCUT2D eigenvalue weighted by molar-refractivity contribution is 5.14. The Morgan fingerprint density at radius 3 is 2.53 bits per heavy atom. The topological polar surface area (TPSA) is 21.1 Å². The van der Waals surface area contributed by atoms with Gasteiger partial charge in [-0.25, -0.2) is 0 Å². The molecule has 1 aliphatic rings. The predicted molar refractivity (Wildman–Crippen MR) is 76.7 cm³/mol. The molecule has 1 fully saturated rings. The van der Waals surface area contributed by atoms with Crippen molar-refractivity contribution >= 4 is 0 Å². The van der Waals surface area contributed by atoms with Crippen LogP contribution >= 0.6 is 0 Å². The number of likely N-dealkylation sites (tertiary alicyclic amines) is 1.